The summed E-state index contributed by atoms with van der Waals surface area (Å²) in [4.78, 5) is 54.1. The second kappa shape index (κ2) is 52.9. The summed E-state index contributed by atoms with van der Waals surface area (Å²) < 4.78 is 103. The summed E-state index contributed by atoms with van der Waals surface area (Å²) in [6.07, 6.45) is -3.15. The van der Waals surface area contributed by atoms with Crippen LogP contribution in [-0.2, 0) is 136 Å². The lowest BCUT2D eigenvalue weighted by Gasteiger charge is -2.42. The van der Waals surface area contributed by atoms with Crippen LogP contribution in [0.3, 0.4) is 0 Å². The summed E-state index contributed by atoms with van der Waals surface area (Å²) in [6, 6.07) is -1.04. The highest BCUT2D eigenvalue weighted by Crippen LogP contribution is 2.46. The third-order valence-electron chi connectivity index (χ3n) is 16.2. The van der Waals surface area contributed by atoms with Gasteiger partial charge >= 0.3 is 26.9 Å². The van der Waals surface area contributed by atoms with Crippen molar-refractivity contribution in [1.29, 1.82) is 0 Å². The number of hydrogen-bond donors (Lipinski definition) is 14. The van der Waals surface area contributed by atoms with Gasteiger partial charge in [0.1, 0.15) is 48.8 Å². The zero-order chi connectivity index (χ0) is 74.0. The minimum Gasteiger partial charge on any atom is -0.394 e. The summed E-state index contributed by atoms with van der Waals surface area (Å²) in [5.41, 5.74) is -0.938. The predicted molar refractivity (Wildman–Crippen MR) is 376 cm³/mol. The lowest BCUT2D eigenvalue weighted by molar-refractivity contribution is -0.282. The maximum atomic E-state index is 11.7. The molecule has 0 saturated carbocycles. The molecule has 33 nitrogen and oxygen atoms in total. The molecule has 3 fully saturated rings. The molecule has 0 aromatic heterocycles. The highest BCUT2D eigenvalue weighted by molar-refractivity contribution is 8.08. The molecule has 20 atom stereocenters. The minimum atomic E-state index is -3.62. The van der Waals surface area contributed by atoms with Gasteiger partial charge in [0.15, 0.2) is 18.9 Å². The molecule has 0 aromatic carbocycles. The van der Waals surface area contributed by atoms with E-state index in [0.717, 1.165) is 25.7 Å². The number of amides is 1. The Hall–Kier alpha value is 0.830. The summed E-state index contributed by atoms with van der Waals surface area (Å²) in [5.74, 6) is -1.44. The first-order chi connectivity index (χ1) is 47.6. The van der Waals surface area contributed by atoms with E-state index in [1.807, 2.05) is 0 Å². The van der Waals surface area contributed by atoms with Crippen molar-refractivity contribution in [3.63, 3.8) is 0 Å². The molecule has 594 valence electrons. The van der Waals surface area contributed by atoms with Gasteiger partial charge in [-0.25, -0.2) is 0 Å². The van der Waals surface area contributed by atoms with Gasteiger partial charge < -0.3 is 154 Å². The number of nitrogens with one attached hydrogen (secondary N) is 1. The van der Waals surface area contributed by atoms with Crippen LogP contribution in [0.15, 0.2) is 0 Å². The average molecular weight is 1600 g/mol. The van der Waals surface area contributed by atoms with Gasteiger partial charge in [-0.15, -0.1) is 0 Å². The molecule has 3 saturated heterocycles. The third kappa shape index (κ3) is 39.5. The van der Waals surface area contributed by atoms with Crippen LogP contribution in [0.1, 0.15) is 130 Å². The van der Waals surface area contributed by atoms with Gasteiger partial charge in [-0.1, -0.05) is 52.4 Å². The van der Waals surface area contributed by atoms with E-state index >= 15 is 0 Å². The van der Waals surface area contributed by atoms with Crippen LogP contribution in [0.4, 0.5) is 0 Å². The molecule has 1 amide bonds. The Morgan fingerprint density at radius 1 is 0.380 bits per heavy atom. The fourth-order valence-electron chi connectivity index (χ4n) is 10.3. The van der Waals surface area contributed by atoms with Crippen molar-refractivity contribution >= 4 is 80.0 Å². The molecule has 0 bridgehead atoms. The highest BCUT2D eigenvalue weighted by Gasteiger charge is 2.46. The molecular formula is C59H117NO32P4S4. The normalized spacial score (nSPS) is 28.9. The molecule has 3 aliphatic heterocycles. The van der Waals surface area contributed by atoms with Crippen LogP contribution >= 0.6 is 26.9 Å². The smallest absolute Gasteiger partial charge is 0.324 e. The zero-order valence-corrected chi connectivity index (χ0v) is 64.9. The molecule has 14 N–H and O–H groups in total. The summed E-state index contributed by atoms with van der Waals surface area (Å²) in [7, 11) is 1.27. The van der Waals surface area contributed by atoms with E-state index in [-0.39, 0.29) is 106 Å². The molecule has 0 aromatic rings. The molecular weight excluding hydrogens is 1490 g/mol. The van der Waals surface area contributed by atoms with Gasteiger partial charge in [0, 0.05) is 72.1 Å². The Morgan fingerprint density at radius 3 is 0.960 bits per heavy atom. The van der Waals surface area contributed by atoms with Crippen molar-refractivity contribution in [3.05, 3.63) is 0 Å². The molecule has 100 heavy (non-hydrogen) atoms. The van der Waals surface area contributed by atoms with E-state index in [0.29, 0.717) is 96.7 Å². The Labute approximate surface area is 608 Å². The molecule has 0 spiro atoms. The molecule has 3 heterocycles. The maximum absolute atomic E-state index is 11.7. The van der Waals surface area contributed by atoms with Crippen molar-refractivity contribution in [2.45, 2.75) is 210 Å². The number of carbonyl (C=O) groups excluding carboxylic acids is 1. The standard InChI is InChI=1S/C59H117NO32P4S4/c1-43-50(65)52(67)46(36-61)90-56(43)80-26-11-5-8-14-29-84-94(72,98)87-33-19-23-77-40-59(39-76-22-17-18-32-83-93(71,97)75-4,41-78-24-20-34-88-95(73,99)85-30-15-9-6-12-27-81-57-44(2)51(66)53(68)47(37-62)91-57)42-79-25-21-35-89-96(74,100)86-31-16-10-7-13-28-82-58-49(60-45(3)64)55(70)54(69)48(38-63)92-58/h43-44,46-58,61-63,65-70H,5-42H2,1-4H3,(H,60,64)(H,71,97)(H,72,98)(H,73,99)(H,74,100)/t43-,44?,46?,47?,48?,49?,50?,51+,52-,53-,54-,55+,56+,57+,58+,59?,93?,94?,95?,96?/m0/s1. The van der Waals surface area contributed by atoms with Gasteiger partial charge in [0.25, 0.3) is 0 Å². The summed E-state index contributed by atoms with van der Waals surface area (Å²) >= 11 is 20.7. The number of unbranched alkanes of at least 4 members (excludes halogenated alkanes) is 10. The average Bonchev–Trinajstić information content (AvgIpc) is 0.825. The van der Waals surface area contributed by atoms with Gasteiger partial charge in [-0.05, 0) is 118 Å². The number of ether oxygens (including phenoxy) is 10. The quantitative estimate of drug-likeness (QED) is 0.0307. The topological polar surface area (TPSA) is 458 Å². The number of rotatable bonds is 61. The van der Waals surface area contributed by atoms with E-state index in [9.17, 15) is 70.3 Å². The maximum Gasteiger partial charge on any atom is 0.324 e. The van der Waals surface area contributed by atoms with E-state index in [1.54, 1.807) is 13.8 Å². The van der Waals surface area contributed by atoms with E-state index < -0.39 is 150 Å². The van der Waals surface area contributed by atoms with Crippen molar-refractivity contribution in [2.24, 2.45) is 17.3 Å². The van der Waals surface area contributed by atoms with E-state index in [1.165, 1.54) is 14.0 Å². The highest BCUT2D eigenvalue weighted by atomic mass is 32.5. The van der Waals surface area contributed by atoms with Crippen molar-refractivity contribution < 1.29 is 154 Å². The fourth-order valence-corrected chi connectivity index (χ4v) is 14.7. The van der Waals surface area contributed by atoms with Crippen LogP contribution < -0.4 is 5.32 Å². The Morgan fingerprint density at radius 2 is 0.640 bits per heavy atom. The first kappa shape index (κ1) is 95.0. The van der Waals surface area contributed by atoms with Crippen molar-refractivity contribution in [2.75, 3.05) is 146 Å². The second-order valence-corrected chi connectivity index (χ2v) is 36.2. The number of aliphatic hydroxyl groups excluding tert-OH is 9. The molecule has 11 unspecified atom stereocenters. The lowest BCUT2D eigenvalue weighted by Crippen LogP contribution is -2.64. The van der Waals surface area contributed by atoms with Gasteiger partial charge in [-0.3, -0.25) is 4.79 Å². The number of aliphatic hydroxyl groups is 9. The molecule has 3 rings (SSSR count). The van der Waals surface area contributed by atoms with Crippen LogP contribution in [0, 0.1) is 17.3 Å². The first-order valence-corrected chi connectivity index (χ1v) is 44.6. The van der Waals surface area contributed by atoms with Crippen LogP contribution in [0.5, 0.6) is 0 Å². The Balaban J connectivity index is 1.51. The van der Waals surface area contributed by atoms with Gasteiger partial charge in [-0.2, -0.15) is 0 Å². The minimum absolute atomic E-state index is 0.00233. The van der Waals surface area contributed by atoms with Crippen LogP contribution in [0.25, 0.3) is 0 Å². The monoisotopic (exact) mass is 1600 g/mol. The number of hydrogen-bond acceptors (Lipinski definition) is 32. The molecule has 0 radical (unpaired) electrons. The third-order valence-corrected chi connectivity index (χ3v) is 22.9. The predicted octanol–water partition coefficient (Wildman–Crippen LogP) is 2.44. The van der Waals surface area contributed by atoms with Crippen LogP contribution in [-0.4, -0.2) is 297 Å². The zero-order valence-electron chi connectivity index (χ0n) is 58.0. The molecule has 0 aliphatic carbocycles. The van der Waals surface area contributed by atoms with E-state index in [2.05, 4.69) is 5.32 Å². The SMILES string of the molecule is COP(O)(=S)OCCCCOCC(COCCCOP(O)(=S)OCCCCCCO[C@@H]1OC(CO)[C@H](O)[C@H](O)C1C)(COCCCOP(O)(=S)OCCCCCCO[C@@H]1OC(CO)[C@H](O)[C@H](O)C1NC(C)=O)COCCCOP(O)(=S)OCCCCCCO[C@@H]1OC(CO)[C@H](O)C(O)[C@@H]1C. The largest absolute Gasteiger partial charge is 0.394 e. The molecule has 3 aliphatic rings. The summed E-state index contributed by atoms with van der Waals surface area (Å²) in [5, 5.41) is 92.6. The van der Waals surface area contributed by atoms with Gasteiger partial charge in [0.2, 0.25) is 5.91 Å². The fraction of sp³-hybridized carbons (Fsp3) is 0.983. The first-order valence-electron chi connectivity index (χ1n) is 34.3. The van der Waals surface area contributed by atoms with E-state index in [4.69, 9.17) is 131 Å². The summed E-state index contributed by atoms with van der Waals surface area (Å²) in [6.45, 7) is -8.51. The van der Waals surface area contributed by atoms with Crippen molar-refractivity contribution in [1.82, 2.24) is 5.32 Å². The lowest BCUT2D eigenvalue weighted by atomic mass is 9.92. The Bertz CT molecular complexity index is 2260. The Kier molecular flexibility index (Phi) is 50.2. The number of carbonyl (C=O) groups is 1. The molecule has 41 heteroatoms. The van der Waals surface area contributed by atoms with Gasteiger partial charge in [0.05, 0.1) is 110 Å². The second-order valence-electron chi connectivity index (χ2n) is 24.8. The van der Waals surface area contributed by atoms with Crippen molar-refractivity contribution in [3.8, 4) is 0 Å². The van der Waals surface area contributed by atoms with Crippen LogP contribution in [0.2, 0.25) is 0 Å².